The molecule has 0 bridgehead atoms. The van der Waals surface area contributed by atoms with Crippen LogP contribution < -0.4 is 0 Å². The molecular formula is C11H20O8. The number of hydrogen-bond acceptors (Lipinski definition) is 8. The second-order valence-electron chi connectivity index (χ2n) is 4.38. The summed E-state index contributed by atoms with van der Waals surface area (Å²) in [6.07, 6.45) is -0.152. The number of methoxy groups -OCH3 is 2. The third-order valence-corrected chi connectivity index (χ3v) is 2.60. The molecule has 0 aromatic carbocycles. The van der Waals surface area contributed by atoms with Crippen molar-refractivity contribution in [3.05, 3.63) is 0 Å². The van der Waals surface area contributed by atoms with Gasteiger partial charge in [0.1, 0.15) is 6.61 Å². The Morgan fingerprint density at radius 2 is 1.68 bits per heavy atom. The van der Waals surface area contributed by atoms with E-state index >= 15 is 0 Å². The van der Waals surface area contributed by atoms with E-state index in [1.54, 1.807) is 0 Å². The first-order chi connectivity index (χ1) is 8.88. The molecule has 112 valence electrons. The molecule has 0 aromatic heterocycles. The van der Waals surface area contributed by atoms with Crippen molar-refractivity contribution in [1.82, 2.24) is 0 Å². The van der Waals surface area contributed by atoms with Gasteiger partial charge in [-0.1, -0.05) is 20.8 Å². The van der Waals surface area contributed by atoms with Crippen LogP contribution in [0, 0.1) is 5.41 Å². The summed E-state index contributed by atoms with van der Waals surface area (Å²) < 4.78 is 9.51. The van der Waals surface area contributed by atoms with Gasteiger partial charge in [0.05, 0.1) is 0 Å². The van der Waals surface area contributed by atoms with E-state index in [0.29, 0.717) is 6.42 Å². The van der Waals surface area contributed by atoms with Gasteiger partial charge in [-0.3, -0.25) is 9.78 Å². The first-order valence-corrected chi connectivity index (χ1v) is 5.65. The van der Waals surface area contributed by atoms with Gasteiger partial charge in [-0.2, -0.15) is 0 Å². The molecule has 0 radical (unpaired) electrons. The van der Waals surface area contributed by atoms with E-state index in [1.807, 2.05) is 20.8 Å². The zero-order valence-electron chi connectivity index (χ0n) is 11.8. The van der Waals surface area contributed by atoms with Gasteiger partial charge in [-0.05, 0) is 6.42 Å². The van der Waals surface area contributed by atoms with Gasteiger partial charge < -0.3 is 9.47 Å². The third-order valence-electron chi connectivity index (χ3n) is 2.60. The lowest BCUT2D eigenvalue weighted by molar-refractivity contribution is -0.601. The van der Waals surface area contributed by atoms with E-state index in [9.17, 15) is 9.59 Å². The predicted octanol–water partition coefficient (Wildman–Crippen LogP) is 0.949. The summed E-state index contributed by atoms with van der Waals surface area (Å²) in [5.74, 6) is -1.63. The van der Waals surface area contributed by atoms with Crippen molar-refractivity contribution in [2.75, 3.05) is 20.8 Å². The molecule has 1 atom stereocenters. The monoisotopic (exact) mass is 280 g/mol. The molecule has 0 amide bonds. The van der Waals surface area contributed by atoms with E-state index in [-0.39, 0.29) is 6.61 Å². The van der Waals surface area contributed by atoms with Crippen molar-refractivity contribution in [3.63, 3.8) is 0 Å². The van der Waals surface area contributed by atoms with Crippen molar-refractivity contribution >= 4 is 11.9 Å². The standard InChI is InChI=1S/C11H20O8/c1-6-11(2,3)9(15-5)10(13)17-19-18-16-8(12)7-14-4/h9H,6-7H2,1-5H3. The summed E-state index contributed by atoms with van der Waals surface area (Å²) >= 11 is 0. The molecule has 0 spiro atoms. The van der Waals surface area contributed by atoms with Crippen LogP contribution in [0.1, 0.15) is 27.2 Å². The molecule has 0 aromatic rings. The van der Waals surface area contributed by atoms with Crippen molar-refractivity contribution < 1.29 is 38.9 Å². The molecule has 19 heavy (non-hydrogen) atoms. The van der Waals surface area contributed by atoms with Gasteiger partial charge in [0.2, 0.25) is 0 Å². The lowest BCUT2D eigenvalue weighted by Gasteiger charge is -2.29. The Kier molecular flexibility index (Phi) is 8.24. The molecule has 0 fully saturated rings. The van der Waals surface area contributed by atoms with Gasteiger partial charge in [0.15, 0.2) is 6.10 Å². The highest BCUT2D eigenvalue weighted by atomic mass is 17.7. The van der Waals surface area contributed by atoms with Crippen LogP contribution in [0.5, 0.6) is 0 Å². The summed E-state index contributed by atoms with van der Waals surface area (Å²) in [4.78, 5) is 30.8. The predicted molar refractivity (Wildman–Crippen MR) is 61.1 cm³/mol. The maximum absolute atomic E-state index is 11.6. The van der Waals surface area contributed by atoms with Crippen LogP contribution in [-0.2, 0) is 38.9 Å². The molecule has 0 rings (SSSR count). The number of hydrogen-bond donors (Lipinski definition) is 0. The lowest BCUT2D eigenvalue weighted by atomic mass is 9.84. The molecule has 8 heteroatoms. The van der Waals surface area contributed by atoms with Gasteiger partial charge in [-0.25, -0.2) is 9.59 Å². The van der Waals surface area contributed by atoms with Crippen LogP contribution in [0.4, 0.5) is 0 Å². The average Bonchev–Trinajstić information content (AvgIpc) is 2.35. The Hall–Kier alpha value is -1.22. The fourth-order valence-corrected chi connectivity index (χ4v) is 1.20. The lowest BCUT2D eigenvalue weighted by Crippen LogP contribution is -2.39. The quantitative estimate of drug-likeness (QED) is 0.350. The van der Waals surface area contributed by atoms with Gasteiger partial charge in [-0.15, -0.1) is 0 Å². The number of carbonyl (C=O) groups is 2. The summed E-state index contributed by atoms with van der Waals surface area (Å²) in [5, 5.41) is 7.94. The van der Waals surface area contributed by atoms with E-state index in [2.05, 4.69) is 24.6 Å². The zero-order chi connectivity index (χ0) is 14.9. The van der Waals surface area contributed by atoms with Gasteiger partial charge >= 0.3 is 11.9 Å². The Bertz CT molecular complexity index is 288. The number of rotatable bonds is 9. The van der Waals surface area contributed by atoms with E-state index in [0.717, 1.165) is 0 Å². The van der Waals surface area contributed by atoms with Crippen molar-refractivity contribution in [3.8, 4) is 0 Å². The molecule has 0 aliphatic carbocycles. The van der Waals surface area contributed by atoms with Gasteiger partial charge in [0.25, 0.3) is 0 Å². The second kappa shape index (κ2) is 8.81. The zero-order valence-corrected chi connectivity index (χ0v) is 11.8. The molecule has 0 aliphatic rings. The Morgan fingerprint density at radius 1 is 1.11 bits per heavy atom. The molecule has 1 unspecified atom stereocenters. The average molecular weight is 280 g/mol. The first kappa shape index (κ1) is 17.8. The maximum Gasteiger partial charge on any atom is 0.374 e. The van der Waals surface area contributed by atoms with Crippen LogP contribution in [0.3, 0.4) is 0 Å². The summed E-state index contributed by atoms with van der Waals surface area (Å²) in [5.41, 5.74) is -0.443. The minimum atomic E-state index is -0.837. The number of ether oxygens (including phenoxy) is 2. The summed E-state index contributed by atoms with van der Waals surface area (Å²) in [6.45, 7) is 5.26. The van der Waals surface area contributed by atoms with Gasteiger partial charge in [0, 0.05) is 29.7 Å². The molecular weight excluding hydrogens is 260 g/mol. The van der Waals surface area contributed by atoms with Crippen LogP contribution >= 0.6 is 0 Å². The number of carbonyl (C=O) groups excluding carboxylic acids is 2. The first-order valence-electron chi connectivity index (χ1n) is 5.65. The largest absolute Gasteiger partial charge is 0.374 e. The van der Waals surface area contributed by atoms with E-state index < -0.39 is 23.5 Å². The summed E-state index contributed by atoms with van der Waals surface area (Å²) in [7, 11) is 2.68. The van der Waals surface area contributed by atoms with Crippen molar-refractivity contribution in [2.24, 2.45) is 5.41 Å². The Balaban J connectivity index is 4.06. The molecule has 0 N–H and O–H groups in total. The molecule has 0 aliphatic heterocycles. The topological polar surface area (TPSA) is 89.5 Å². The summed E-state index contributed by atoms with van der Waals surface area (Å²) in [6, 6.07) is 0. The highest BCUT2D eigenvalue weighted by Crippen LogP contribution is 2.27. The van der Waals surface area contributed by atoms with Crippen molar-refractivity contribution in [2.45, 2.75) is 33.3 Å². The highest BCUT2D eigenvalue weighted by Gasteiger charge is 2.36. The van der Waals surface area contributed by atoms with Crippen LogP contribution in [0.25, 0.3) is 0 Å². The Morgan fingerprint density at radius 3 is 2.16 bits per heavy atom. The minimum absolute atomic E-state index is 0.319. The van der Waals surface area contributed by atoms with E-state index in [4.69, 9.17) is 4.74 Å². The minimum Gasteiger partial charge on any atom is -0.373 e. The maximum atomic E-state index is 11.6. The fraction of sp³-hybridized carbons (Fsp3) is 0.818. The molecule has 0 saturated carbocycles. The SMILES string of the molecule is CCC(C)(C)C(OC)C(=O)OOOOC(=O)COC. The fourth-order valence-electron chi connectivity index (χ4n) is 1.20. The Labute approximate surface area is 111 Å². The smallest absolute Gasteiger partial charge is 0.373 e. The normalized spacial score (nSPS) is 12.9. The third kappa shape index (κ3) is 6.48. The molecule has 8 nitrogen and oxygen atoms in total. The van der Waals surface area contributed by atoms with Crippen LogP contribution in [-0.4, -0.2) is 38.9 Å². The highest BCUT2D eigenvalue weighted by molar-refractivity contribution is 5.75. The second-order valence-corrected chi connectivity index (χ2v) is 4.38. The van der Waals surface area contributed by atoms with Crippen LogP contribution in [0.2, 0.25) is 0 Å². The molecule has 0 heterocycles. The van der Waals surface area contributed by atoms with Crippen molar-refractivity contribution in [1.29, 1.82) is 0 Å². The van der Waals surface area contributed by atoms with E-state index in [1.165, 1.54) is 14.2 Å². The molecule has 0 saturated heterocycles. The van der Waals surface area contributed by atoms with Crippen LogP contribution in [0.15, 0.2) is 0 Å².